The van der Waals surface area contributed by atoms with Crippen molar-refractivity contribution in [2.75, 3.05) is 20.7 Å². The van der Waals surface area contributed by atoms with Crippen molar-refractivity contribution in [3.8, 4) is 0 Å². The van der Waals surface area contributed by atoms with Crippen LogP contribution in [0, 0.1) is 11.6 Å². The van der Waals surface area contributed by atoms with Crippen LogP contribution < -0.4 is 0 Å². The Morgan fingerprint density at radius 1 is 1.42 bits per heavy atom. The van der Waals surface area contributed by atoms with E-state index in [-0.39, 0.29) is 30.3 Å². The number of rotatable bonds is 6. The Kier molecular flexibility index (Phi) is 5.79. The molecule has 0 unspecified atom stereocenters. The summed E-state index contributed by atoms with van der Waals surface area (Å²) in [6.45, 7) is -0.00728. The summed E-state index contributed by atoms with van der Waals surface area (Å²) >= 11 is 5.01. The summed E-state index contributed by atoms with van der Waals surface area (Å²) in [5.41, 5.74) is -1.70. The van der Waals surface area contributed by atoms with E-state index in [1.807, 2.05) is 0 Å². The molecule has 2 aromatic rings. The summed E-state index contributed by atoms with van der Waals surface area (Å²) in [6, 6.07) is 3.04. The maximum Gasteiger partial charge on any atom is 0.258 e. The van der Waals surface area contributed by atoms with Crippen molar-refractivity contribution in [2.24, 2.45) is 0 Å². The Morgan fingerprint density at radius 3 is 2.75 bits per heavy atom. The number of ether oxygens (including phenoxy) is 1. The van der Waals surface area contributed by atoms with E-state index >= 15 is 0 Å². The van der Waals surface area contributed by atoms with Gasteiger partial charge in [0.2, 0.25) is 0 Å². The Morgan fingerprint density at radius 2 is 2.17 bits per heavy atom. The van der Waals surface area contributed by atoms with Crippen LogP contribution in [0.4, 0.5) is 8.78 Å². The minimum atomic E-state index is -1.66. The zero-order chi connectivity index (χ0) is 17.7. The molecule has 0 spiro atoms. The van der Waals surface area contributed by atoms with Crippen LogP contribution in [-0.4, -0.2) is 50.6 Å². The second-order valence-corrected chi connectivity index (χ2v) is 5.86. The predicted octanol–water partition coefficient (Wildman–Crippen LogP) is 1.70. The van der Waals surface area contributed by atoms with Gasteiger partial charge < -0.3 is 14.7 Å². The third kappa shape index (κ3) is 4.45. The van der Waals surface area contributed by atoms with Crippen molar-refractivity contribution >= 4 is 17.4 Å². The van der Waals surface area contributed by atoms with E-state index in [1.165, 1.54) is 23.4 Å². The molecule has 0 amide bonds. The van der Waals surface area contributed by atoms with Crippen molar-refractivity contribution in [3.05, 3.63) is 48.1 Å². The molecule has 0 aliphatic heterocycles. The largest absolute Gasteiger partial charge is 0.471 e. The van der Waals surface area contributed by atoms with Gasteiger partial charge in [0, 0.05) is 32.1 Å². The number of hydrogen-bond donors (Lipinski definition) is 1. The molecule has 0 radical (unpaired) electrons. The number of thiocarbonyl (C=S) groups is 1. The zero-order valence-electron chi connectivity index (χ0n) is 13.3. The van der Waals surface area contributed by atoms with E-state index < -0.39 is 17.2 Å². The molecular formula is C15H18F2N4O2S. The van der Waals surface area contributed by atoms with E-state index in [0.717, 1.165) is 12.1 Å². The van der Waals surface area contributed by atoms with Gasteiger partial charge in [0.15, 0.2) is 0 Å². The quantitative estimate of drug-likeness (QED) is 0.795. The lowest BCUT2D eigenvalue weighted by Crippen LogP contribution is -2.35. The highest BCUT2D eigenvalue weighted by Crippen LogP contribution is 2.30. The number of halogens is 2. The number of hydrogen-bond acceptors (Lipinski definition) is 5. The number of aromatic nitrogens is 3. The fourth-order valence-corrected chi connectivity index (χ4v) is 2.27. The van der Waals surface area contributed by atoms with Gasteiger partial charge in [-0.2, -0.15) is 5.10 Å². The number of aliphatic hydroxyl groups is 1. The highest BCUT2D eigenvalue weighted by molar-refractivity contribution is 7.80. The molecule has 0 aliphatic carbocycles. The number of benzene rings is 1. The van der Waals surface area contributed by atoms with E-state index in [1.54, 1.807) is 19.0 Å². The van der Waals surface area contributed by atoms with Gasteiger partial charge in [-0.3, -0.25) is 0 Å². The van der Waals surface area contributed by atoms with Gasteiger partial charge in [0.1, 0.15) is 29.9 Å². The predicted molar refractivity (Wildman–Crippen MR) is 87.1 cm³/mol. The molecule has 0 aliphatic rings. The monoisotopic (exact) mass is 356 g/mol. The van der Waals surface area contributed by atoms with Crippen LogP contribution in [0.2, 0.25) is 0 Å². The lowest BCUT2D eigenvalue weighted by atomic mass is 9.90. The lowest BCUT2D eigenvalue weighted by Gasteiger charge is -2.29. The van der Waals surface area contributed by atoms with E-state index in [2.05, 4.69) is 10.1 Å². The first-order chi connectivity index (χ1) is 11.3. The first kappa shape index (κ1) is 18.2. The fraction of sp³-hybridized carbons (Fsp3) is 0.400. The maximum absolute atomic E-state index is 14.2. The third-order valence-corrected chi connectivity index (χ3v) is 3.91. The molecular weight excluding hydrogens is 338 g/mol. The summed E-state index contributed by atoms with van der Waals surface area (Å²) in [5.74, 6) is -1.56. The van der Waals surface area contributed by atoms with Crippen LogP contribution in [0.5, 0.6) is 0 Å². The molecule has 0 saturated heterocycles. The molecule has 0 saturated carbocycles. The minimum absolute atomic E-state index is 0.0311. The summed E-state index contributed by atoms with van der Waals surface area (Å²) in [5, 5.41) is 15.2. The topological polar surface area (TPSA) is 63.4 Å². The lowest BCUT2D eigenvalue weighted by molar-refractivity contribution is -0.00996. The van der Waals surface area contributed by atoms with Gasteiger partial charge in [0.25, 0.3) is 5.17 Å². The zero-order valence-corrected chi connectivity index (χ0v) is 14.1. The average molecular weight is 356 g/mol. The van der Waals surface area contributed by atoms with Crippen LogP contribution >= 0.6 is 12.2 Å². The van der Waals surface area contributed by atoms with Crippen LogP contribution in [0.15, 0.2) is 30.9 Å². The molecule has 2 rings (SSSR count). The molecule has 130 valence electrons. The smallest absolute Gasteiger partial charge is 0.258 e. The van der Waals surface area contributed by atoms with E-state index in [0.29, 0.717) is 0 Å². The summed E-state index contributed by atoms with van der Waals surface area (Å²) < 4.78 is 34.1. The van der Waals surface area contributed by atoms with E-state index in [4.69, 9.17) is 17.0 Å². The first-order valence-corrected chi connectivity index (χ1v) is 7.57. The van der Waals surface area contributed by atoms with Crippen molar-refractivity contribution in [1.82, 2.24) is 19.7 Å². The minimum Gasteiger partial charge on any atom is -0.471 e. The molecule has 1 aromatic heterocycles. The van der Waals surface area contributed by atoms with Gasteiger partial charge >= 0.3 is 0 Å². The van der Waals surface area contributed by atoms with Gasteiger partial charge in [-0.15, -0.1) is 0 Å². The Balaban J connectivity index is 2.22. The van der Waals surface area contributed by atoms with Crippen molar-refractivity contribution in [3.63, 3.8) is 0 Å². The van der Waals surface area contributed by atoms with Crippen LogP contribution in [0.1, 0.15) is 12.0 Å². The molecule has 1 heterocycles. The van der Waals surface area contributed by atoms with Crippen molar-refractivity contribution in [1.29, 1.82) is 0 Å². The molecule has 9 heteroatoms. The van der Waals surface area contributed by atoms with Gasteiger partial charge in [-0.1, -0.05) is 6.07 Å². The number of nitrogens with zero attached hydrogens (tertiary/aromatic N) is 4. The molecule has 0 bridgehead atoms. The summed E-state index contributed by atoms with van der Waals surface area (Å²) in [7, 11) is 3.45. The van der Waals surface area contributed by atoms with Crippen molar-refractivity contribution in [2.45, 2.75) is 18.6 Å². The maximum atomic E-state index is 14.2. The van der Waals surface area contributed by atoms with E-state index in [9.17, 15) is 13.9 Å². The van der Waals surface area contributed by atoms with Gasteiger partial charge in [0.05, 0.1) is 13.2 Å². The molecule has 1 atom stereocenters. The molecule has 1 N–H and O–H groups in total. The summed E-state index contributed by atoms with van der Waals surface area (Å²) in [4.78, 5) is 5.40. The average Bonchev–Trinajstić information content (AvgIpc) is 2.99. The SMILES string of the molecule is CN(C)C(=S)OCC[C@](O)(Cn1cncn1)c1ccc(F)cc1F. The Labute approximate surface area is 143 Å². The molecule has 1 aromatic carbocycles. The molecule has 6 nitrogen and oxygen atoms in total. The van der Waals surface area contributed by atoms with Crippen LogP contribution in [0.3, 0.4) is 0 Å². The van der Waals surface area contributed by atoms with Crippen LogP contribution in [0.25, 0.3) is 0 Å². The van der Waals surface area contributed by atoms with Gasteiger partial charge in [-0.05, 0) is 18.3 Å². The third-order valence-electron chi connectivity index (χ3n) is 3.43. The highest BCUT2D eigenvalue weighted by Gasteiger charge is 2.33. The molecule has 24 heavy (non-hydrogen) atoms. The molecule has 0 fully saturated rings. The second-order valence-electron chi connectivity index (χ2n) is 5.51. The Hall–Kier alpha value is -2.13. The first-order valence-electron chi connectivity index (χ1n) is 7.16. The Bertz CT molecular complexity index is 697. The van der Waals surface area contributed by atoms with Gasteiger partial charge in [-0.25, -0.2) is 18.4 Å². The fourth-order valence-electron chi connectivity index (χ4n) is 2.18. The highest BCUT2D eigenvalue weighted by atomic mass is 32.1. The van der Waals surface area contributed by atoms with Crippen molar-refractivity contribution < 1.29 is 18.6 Å². The second kappa shape index (κ2) is 7.63. The normalized spacial score (nSPS) is 13.4. The van der Waals surface area contributed by atoms with Crippen LogP contribution in [-0.2, 0) is 16.9 Å². The summed E-state index contributed by atoms with van der Waals surface area (Å²) in [6.07, 6.45) is 2.74. The standard InChI is InChI=1S/C15H18F2N4O2S/c1-20(2)14(24)23-6-5-15(22,8-21-10-18-9-19-21)12-4-3-11(16)7-13(12)17/h3-4,7,9-10,22H,5-6,8H2,1-2H3/t15-/m0/s1.